The molecule has 1 aliphatic rings. The fraction of sp³-hybridized carbons (Fsp3) is 0.333. The average Bonchev–Trinajstić information content (AvgIpc) is 3.39. The molecule has 0 aliphatic carbocycles. The first-order valence-electron chi connectivity index (χ1n) is 13.4. The van der Waals surface area contributed by atoms with Crippen LogP contribution < -0.4 is 11.1 Å². The Hall–Kier alpha value is -3.92. The van der Waals surface area contributed by atoms with Crippen LogP contribution in [0.15, 0.2) is 61.1 Å². The number of anilines is 1. The molecule has 3 aromatic heterocycles. The Morgan fingerprint density at radius 1 is 1.21 bits per heavy atom. The van der Waals surface area contributed by atoms with Crippen LogP contribution in [0.2, 0.25) is 0 Å². The van der Waals surface area contributed by atoms with Gasteiger partial charge in [-0.2, -0.15) is 0 Å². The van der Waals surface area contributed by atoms with Crippen molar-refractivity contribution in [3.63, 3.8) is 0 Å². The van der Waals surface area contributed by atoms with Crippen molar-refractivity contribution < 1.29 is 9.53 Å². The Balaban J connectivity index is 1.28. The Morgan fingerprint density at radius 3 is 2.82 bits per heavy atom. The molecule has 4 heterocycles. The minimum absolute atomic E-state index is 0.220. The van der Waals surface area contributed by atoms with Crippen molar-refractivity contribution >= 4 is 28.2 Å². The van der Waals surface area contributed by atoms with Crippen LogP contribution in [-0.2, 0) is 11.3 Å². The molecular weight excluding hydrogens is 490 g/mol. The van der Waals surface area contributed by atoms with E-state index in [9.17, 15) is 4.79 Å². The van der Waals surface area contributed by atoms with Crippen LogP contribution in [-0.4, -0.2) is 63.6 Å². The van der Waals surface area contributed by atoms with Crippen LogP contribution in [0.1, 0.15) is 47.9 Å². The molecule has 1 amide bonds. The number of aromatic nitrogens is 4. The Morgan fingerprint density at radius 2 is 2.05 bits per heavy atom. The van der Waals surface area contributed by atoms with Gasteiger partial charge in [0.25, 0.3) is 5.91 Å². The van der Waals surface area contributed by atoms with E-state index in [4.69, 9.17) is 10.5 Å². The number of amides is 1. The van der Waals surface area contributed by atoms with Gasteiger partial charge in [-0.15, -0.1) is 0 Å². The summed E-state index contributed by atoms with van der Waals surface area (Å²) in [5, 5.41) is 3.93. The zero-order valence-electron chi connectivity index (χ0n) is 22.5. The molecule has 1 saturated heterocycles. The molecule has 0 bridgehead atoms. The molecule has 1 fully saturated rings. The standard InChI is InChI=1S/C30H35N7O2/c1-3-21(11-14-39-2)28-25-16-26(36-29(25)34-19-33-28)22-6-8-24(9-7-22)35-30(38)27-15-20(10-12-32-27)17-37-13-4-5-23(31)18-37/h6-12,15-16,19,23H,3-5,13-14,17-18,31H2,1-2H3,(H,35,38)(H,33,34,36)/b21-11+. The number of pyridine rings is 1. The number of aromatic amines is 1. The van der Waals surface area contributed by atoms with Gasteiger partial charge < -0.3 is 20.8 Å². The number of rotatable bonds is 9. The molecule has 4 aromatic rings. The second-order valence-electron chi connectivity index (χ2n) is 9.92. The summed E-state index contributed by atoms with van der Waals surface area (Å²) in [5.41, 5.74) is 13.0. The van der Waals surface area contributed by atoms with Gasteiger partial charge in [0.1, 0.15) is 17.7 Å². The molecule has 4 N–H and O–H groups in total. The number of H-pyrrole nitrogens is 1. The monoisotopic (exact) mass is 525 g/mol. The zero-order valence-corrected chi connectivity index (χ0v) is 22.5. The maximum Gasteiger partial charge on any atom is 0.274 e. The number of fused-ring (bicyclic) bond motifs is 1. The first-order valence-corrected chi connectivity index (χ1v) is 13.4. The van der Waals surface area contributed by atoms with E-state index >= 15 is 0 Å². The maximum absolute atomic E-state index is 12.9. The number of carbonyl (C=O) groups excluding carboxylic acids is 1. The quantitative estimate of drug-likeness (QED) is 0.291. The number of hydrogen-bond donors (Lipinski definition) is 3. The minimum atomic E-state index is -0.236. The van der Waals surface area contributed by atoms with Crippen LogP contribution >= 0.6 is 0 Å². The topological polar surface area (TPSA) is 122 Å². The fourth-order valence-electron chi connectivity index (χ4n) is 5.06. The highest BCUT2D eigenvalue weighted by Crippen LogP contribution is 2.29. The lowest BCUT2D eigenvalue weighted by atomic mass is 10.1. The molecule has 9 nitrogen and oxygen atoms in total. The van der Waals surface area contributed by atoms with Crippen molar-refractivity contribution in [2.75, 3.05) is 32.1 Å². The summed E-state index contributed by atoms with van der Waals surface area (Å²) in [6.45, 7) is 5.31. The number of benzene rings is 1. The summed E-state index contributed by atoms with van der Waals surface area (Å²) in [4.78, 5) is 31.9. The number of nitrogens with two attached hydrogens (primary N) is 1. The lowest BCUT2D eigenvalue weighted by Crippen LogP contribution is -2.42. The Labute approximate surface area is 228 Å². The second-order valence-corrected chi connectivity index (χ2v) is 9.92. The van der Waals surface area contributed by atoms with Crippen LogP contribution in [0.5, 0.6) is 0 Å². The number of piperidine rings is 1. The number of ether oxygens (including phenoxy) is 1. The highest BCUT2D eigenvalue weighted by Gasteiger charge is 2.18. The van der Waals surface area contributed by atoms with Gasteiger partial charge in [-0.3, -0.25) is 14.7 Å². The molecule has 202 valence electrons. The van der Waals surface area contributed by atoms with E-state index in [1.54, 1.807) is 19.6 Å². The van der Waals surface area contributed by atoms with Gasteiger partial charge in [0, 0.05) is 49.2 Å². The Kier molecular flexibility index (Phi) is 8.41. The third-order valence-corrected chi connectivity index (χ3v) is 7.07. The van der Waals surface area contributed by atoms with Crippen molar-refractivity contribution in [1.82, 2.24) is 24.8 Å². The summed E-state index contributed by atoms with van der Waals surface area (Å²) >= 11 is 0. The predicted octanol–water partition coefficient (Wildman–Crippen LogP) is 4.64. The lowest BCUT2D eigenvalue weighted by Gasteiger charge is -2.30. The van der Waals surface area contributed by atoms with E-state index in [1.165, 1.54) is 0 Å². The van der Waals surface area contributed by atoms with Crippen LogP contribution in [0.25, 0.3) is 27.9 Å². The normalized spacial score (nSPS) is 16.5. The van der Waals surface area contributed by atoms with Gasteiger partial charge in [-0.05, 0) is 72.8 Å². The lowest BCUT2D eigenvalue weighted by molar-refractivity contribution is 0.102. The summed E-state index contributed by atoms with van der Waals surface area (Å²) in [7, 11) is 1.68. The predicted molar refractivity (Wildman–Crippen MR) is 154 cm³/mol. The van der Waals surface area contributed by atoms with Crippen molar-refractivity contribution in [1.29, 1.82) is 0 Å². The molecule has 5 rings (SSSR count). The second kappa shape index (κ2) is 12.3. The van der Waals surface area contributed by atoms with E-state index in [0.29, 0.717) is 18.0 Å². The number of nitrogens with one attached hydrogen (secondary N) is 2. The number of likely N-dealkylation sites (tertiary alicyclic amines) is 1. The third kappa shape index (κ3) is 6.39. The molecule has 9 heteroatoms. The van der Waals surface area contributed by atoms with Crippen molar-refractivity contribution in [3.8, 4) is 11.3 Å². The van der Waals surface area contributed by atoms with Crippen LogP contribution in [0.3, 0.4) is 0 Å². The van der Waals surface area contributed by atoms with Crippen LogP contribution in [0.4, 0.5) is 5.69 Å². The van der Waals surface area contributed by atoms with Gasteiger partial charge in [0.2, 0.25) is 0 Å². The maximum atomic E-state index is 12.9. The summed E-state index contributed by atoms with van der Waals surface area (Å²) in [6, 6.07) is 13.8. The molecule has 39 heavy (non-hydrogen) atoms. The largest absolute Gasteiger partial charge is 0.381 e. The Bertz CT molecular complexity index is 1460. The van der Waals surface area contributed by atoms with E-state index in [-0.39, 0.29) is 11.9 Å². The third-order valence-electron chi connectivity index (χ3n) is 7.07. The fourth-order valence-corrected chi connectivity index (χ4v) is 5.06. The highest BCUT2D eigenvalue weighted by atomic mass is 16.5. The van der Waals surface area contributed by atoms with E-state index in [2.05, 4.69) is 49.2 Å². The average molecular weight is 526 g/mol. The summed E-state index contributed by atoms with van der Waals surface area (Å²) in [6.07, 6.45) is 8.35. The summed E-state index contributed by atoms with van der Waals surface area (Å²) in [5.74, 6) is -0.236. The van der Waals surface area contributed by atoms with E-state index in [0.717, 1.165) is 78.0 Å². The first kappa shape index (κ1) is 26.7. The molecule has 1 aliphatic heterocycles. The molecule has 0 spiro atoms. The van der Waals surface area contributed by atoms with Crippen molar-refractivity contribution in [3.05, 3.63) is 78.0 Å². The van der Waals surface area contributed by atoms with Gasteiger partial charge in [0.05, 0.1) is 12.3 Å². The number of hydrogen-bond acceptors (Lipinski definition) is 7. The molecule has 0 saturated carbocycles. The number of carbonyl (C=O) groups is 1. The SMILES string of the molecule is CC/C(=C\COC)c1ncnc2[nH]c(-c3ccc(NC(=O)c4cc(CN5CCCC(N)C5)ccn4)cc3)cc12. The molecule has 1 aromatic carbocycles. The molecule has 1 atom stereocenters. The van der Waals surface area contributed by atoms with Gasteiger partial charge in [-0.1, -0.05) is 25.1 Å². The van der Waals surface area contributed by atoms with E-state index < -0.39 is 0 Å². The van der Waals surface area contributed by atoms with Crippen molar-refractivity contribution in [2.45, 2.75) is 38.8 Å². The number of nitrogens with zero attached hydrogens (tertiary/aromatic N) is 4. The van der Waals surface area contributed by atoms with Gasteiger partial charge in [-0.25, -0.2) is 9.97 Å². The number of allylic oxidation sites excluding steroid dienone is 1. The highest BCUT2D eigenvalue weighted by molar-refractivity contribution is 6.03. The molecular formula is C30H35N7O2. The number of methoxy groups -OCH3 is 1. The molecule has 0 radical (unpaired) electrons. The van der Waals surface area contributed by atoms with Gasteiger partial charge >= 0.3 is 0 Å². The first-order chi connectivity index (χ1) is 19.0. The minimum Gasteiger partial charge on any atom is -0.381 e. The zero-order chi connectivity index (χ0) is 27.2. The van der Waals surface area contributed by atoms with E-state index in [1.807, 2.05) is 36.4 Å². The summed E-state index contributed by atoms with van der Waals surface area (Å²) < 4.78 is 5.22. The van der Waals surface area contributed by atoms with Crippen LogP contribution in [0, 0.1) is 0 Å². The van der Waals surface area contributed by atoms with Gasteiger partial charge in [0.15, 0.2) is 0 Å². The smallest absolute Gasteiger partial charge is 0.274 e. The molecule has 1 unspecified atom stereocenters. The van der Waals surface area contributed by atoms with Crippen molar-refractivity contribution in [2.24, 2.45) is 5.73 Å².